The number of esters is 1. The Hall–Kier alpha value is -3.82. The number of ether oxygens (including phenoxy) is 3. The fourth-order valence-electron chi connectivity index (χ4n) is 2.20. The van der Waals surface area contributed by atoms with Gasteiger partial charge in [-0.3, -0.25) is 9.59 Å². The third-order valence-electron chi connectivity index (χ3n) is 3.56. The summed E-state index contributed by atoms with van der Waals surface area (Å²) in [6, 6.07) is 8.02. The third kappa shape index (κ3) is 4.67. The summed E-state index contributed by atoms with van der Waals surface area (Å²) >= 11 is 0. The molecule has 0 aliphatic carbocycles. The van der Waals surface area contributed by atoms with E-state index < -0.39 is 11.9 Å². The van der Waals surface area contributed by atoms with E-state index in [-0.39, 0.29) is 30.5 Å². The molecular weight excluding hydrogens is 370 g/mol. The summed E-state index contributed by atoms with van der Waals surface area (Å²) < 4.78 is 25.7. The highest BCUT2D eigenvalue weighted by atomic mass is 16.5. The molecule has 2 heterocycles. The average Bonchev–Trinajstić information content (AvgIpc) is 3.41. The zero-order chi connectivity index (χ0) is 19.9. The highest BCUT2D eigenvalue weighted by molar-refractivity contribution is 5.96. The second-order valence-corrected chi connectivity index (χ2v) is 5.42. The van der Waals surface area contributed by atoms with E-state index in [0.717, 1.165) is 0 Å². The minimum Gasteiger partial charge on any atom is -0.497 e. The van der Waals surface area contributed by atoms with Crippen LogP contribution in [0.15, 0.2) is 45.4 Å². The van der Waals surface area contributed by atoms with Gasteiger partial charge in [-0.1, -0.05) is 0 Å². The van der Waals surface area contributed by atoms with E-state index in [1.807, 2.05) is 0 Å². The zero-order valence-corrected chi connectivity index (χ0v) is 15.1. The largest absolute Gasteiger partial charge is 0.497 e. The lowest BCUT2D eigenvalue weighted by Gasteiger charge is -2.09. The van der Waals surface area contributed by atoms with E-state index in [1.165, 1.54) is 32.6 Å². The third-order valence-corrected chi connectivity index (χ3v) is 3.56. The Morgan fingerprint density at radius 1 is 1.11 bits per heavy atom. The van der Waals surface area contributed by atoms with Crippen molar-refractivity contribution in [2.75, 3.05) is 20.8 Å². The van der Waals surface area contributed by atoms with Crippen LogP contribution in [0.25, 0.3) is 11.7 Å². The number of aromatic nitrogens is 2. The van der Waals surface area contributed by atoms with Crippen molar-refractivity contribution in [2.24, 2.45) is 0 Å². The van der Waals surface area contributed by atoms with Crippen molar-refractivity contribution in [1.82, 2.24) is 15.5 Å². The first-order valence-corrected chi connectivity index (χ1v) is 8.12. The van der Waals surface area contributed by atoms with Crippen LogP contribution in [-0.2, 0) is 16.1 Å². The quantitative estimate of drug-likeness (QED) is 0.576. The SMILES string of the molecule is COc1cc(OC)cc(C(=O)NCC(=O)OCc2nnc(-c3ccco3)o2)c1. The average molecular weight is 387 g/mol. The molecule has 1 amide bonds. The Balaban J connectivity index is 1.50. The van der Waals surface area contributed by atoms with Gasteiger partial charge in [-0.2, -0.15) is 0 Å². The molecule has 0 aliphatic heterocycles. The van der Waals surface area contributed by atoms with E-state index in [9.17, 15) is 9.59 Å². The molecule has 0 unspecified atom stereocenters. The van der Waals surface area contributed by atoms with Gasteiger partial charge >= 0.3 is 5.97 Å². The van der Waals surface area contributed by atoms with E-state index in [0.29, 0.717) is 17.3 Å². The van der Waals surface area contributed by atoms with Crippen LogP contribution in [-0.4, -0.2) is 42.8 Å². The fraction of sp³-hybridized carbons (Fsp3) is 0.222. The number of nitrogens with zero attached hydrogens (tertiary/aromatic N) is 2. The van der Waals surface area contributed by atoms with Crippen molar-refractivity contribution >= 4 is 11.9 Å². The number of hydrogen-bond acceptors (Lipinski definition) is 9. The number of hydrogen-bond donors (Lipinski definition) is 1. The molecule has 0 radical (unpaired) electrons. The first-order chi connectivity index (χ1) is 13.6. The lowest BCUT2D eigenvalue weighted by molar-refractivity contribution is -0.144. The molecule has 146 valence electrons. The van der Waals surface area contributed by atoms with Gasteiger partial charge in [0.1, 0.15) is 18.0 Å². The van der Waals surface area contributed by atoms with Crippen molar-refractivity contribution in [3.05, 3.63) is 48.0 Å². The molecule has 10 nitrogen and oxygen atoms in total. The van der Waals surface area contributed by atoms with Crippen LogP contribution in [0.1, 0.15) is 16.2 Å². The first-order valence-electron chi connectivity index (χ1n) is 8.12. The minimum absolute atomic E-state index is 0.101. The van der Waals surface area contributed by atoms with Crippen molar-refractivity contribution in [3.8, 4) is 23.1 Å². The highest BCUT2D eigenvalue weighted by Crippen LogP contribution is 2.22. The number of carbonyl (C=O) groups excluding carboxylic acids is 2. The molecule has 0 saturated heterocycles. The molecule has 0 spiro atoms. The van der Waals surface area contributed by atoms with Gasteiger partial charge in [-0.25, -0.2) is 0 Å². The maximum absolute atomic E-state index is 12.2. The van der Waals surface area contributed by atoms with Crippen molar-refractivity contribution in [1.29, 1.82) is 0 Å². The molecule has 0 fully saturated rings. The number of furan rings is 1. The monoisotopic (exact) mass is 387 g/mol. The predicted octanol–water partition coefficient (Wildman–Crippen LogP) is 1.82. The van der Waals surface area contributed by atoms with Gasteiger partial charge < -0.3 is 28.4 Å². The number of methoxy groups -OCH3 is 2. The molecule has 3 aromatic rings. The molecule has 0 aliphatic rings. The van der Waals surface area contributed by atoms with Crippen LogP contribution in [0.3, 0.4) is 0 Å². The highest BCUT2D eigenvalue weighted by Gasteiger charge is 2.14. The predicted molar refractivity (Wildman–Crippen MR) is 93.7 cm³/mol. The maximum Gasteiger partial charge on any atom is 0.325 e. The summed E-state index contributed by atoms with van der Waals surface area (Å²) in [5.41, 5.74) is 0.281. The van der Waals surface area contributed by atoms with Crippen LogP contribution in [0.2, 0.25) is 0 Å². The van der Waals surface area contributed by atoms with Crippen LogP contribution < -0.4 is 14.8 Å². The number of carbonyl (C=O) groups is 2. The molecule has 0 atom stereocenters. The van der Waals surface area contributed by atoms with Crippen molar-refractivity contribution < 1.29 is 32.6 Å². The van der Waals surface area contributed by atoms with Crippen LogP contribution >= 0.6 is 0 Å². The van der Waals surface area contributed by atoms with Crippen molar-refractivity contribution in [3.63, 3.8) is 0 Å². The molecule has 1 N–H and O–H groups in total. The maximum atomic E-state index is 12.2. The summed E-state index contributed by atoms with van der Waals surface area (Å²) in [6.45, 7) is -0.563. The molecular formula is C18H17N3O7. The molecule has 3 rings (SSSR count). The Morgan fingerprint density at radius 3 is 2.50 bits per heavy atom. The number of rotatable bonds is 8. The van der Waals surface area contributed by atoms with E-state index >= 15 is 0 Å². The van der Waals surface area contributed by atoms with E-state index in [2.05, 4.69) is 15.5 Å². The Morgan fingerprint density at radius 2 is 1.86 bits per heavy atom. The second-order valence-electron chi connectivity index (χ2n) is 5.42. The van der Waals surface area contributed by atoms with Crippen LogP contribution in [0, 0.1) is 0 Å². The lowest BCUT2D eigenvalue weighted by Crippen LogP contribution is -2.30. The molecule has 1 aromatic carbocycles. The summed E-state index contributed by atoms with van der Waals surface area (Å²) in [4.78, 5) is 24.1. The van der Waals surface area contributed by atoms with Gasteiger partial charge in [0.25, 0.3) is 17.7 Å². The van der Waals surface area contributed by atoms with Crippen LogP contribution in [0.5, 0.6) is 11.5 Å². The molecule has 10 heteroatoms. The fourth-order valence-corrected chi connectivity index (χ4v) is 2.20. The van der Waals surface area contributed by atoms with Gasteiger partial charge in [-0.05, 0) is 24.3 Å². The molecule has 28 heavy (non-hydrogen) atoms. The van der Waals surface area contributed by atoms with Gasteiger partial charge in [0, 0.05) is 11.6 Å². The van der Waals surface area contributed by atoms with Gasteiger partial charge in [0.15, 0.2) is 12.4 Å². The molecule has 2 aromatic heterocycles. The number of benzene rings is 1. The summed E-state index contributed by atoms with van der Waals surface area (Å²) in [5.74, 6) is 0.450. The first kappa shape index (κ1) is 19.0. The normalized spacial score (nSPS) is 10.4. The summed E-state index contributed by atoms with van der Waals surface area (Å²) in [6.07, 6.45) is 1.47. The topological polar surface area (TPSA) is 126 Å². The Kier molecular flexibility index (Phi) is 5.90. The second kappa shape index (κ2) is 8.71. The molecule has 0 bridgehead atoms. The van der Waals surface area contributed by atoms with E-state index in [4.69, 9.17) is 23.0 Å². The summed E-state index contributed by atoms with van der Waals surface area (Å²) in [5, 5.41) is 10.0. The van der Waals surface area contributed by atoms with Gasteiger partial charge in [0.05, 0.1) is 20.5 Å². The Labute approximate surface area is 159 Å². The van der Waals surface area contributed by atoms with Crippen LogP contribution in [0.4, 0.5) is 0 Å². The minimum atomic E-state index is -0.666. The van der Waals surface area contributed by atoms with Gasteiger partial charge in [0.2, 0.25) is 0 Å². The summed E-state index contributed by atoms with van der Waals surface area (Å²) in [7, 11) is 2.95. The van der Waals surface area contributed by atoms with E-state index in [1.54, 1.807) is 18.2 Å². The molecule has 0 saturated carbocycles. The Bertz CT molecular complexity index is 928. The number of amides is 1. The zero-order valence-electron chi connectivity index (χ0n) is 15.1. The van der Waals surface area contributed by atoms with Crippen molar-refractivity contribution in [2.45, 2.75) is 6.61 Å². The number of nitrogens with one attached hydrogen (secondary N) is 1. The smallest absolute Gasteiger partial charge is 0.325 e. The standard InChI is InChI=1S/C18H17N3O7/c1-24-12-6-11(7-13(8-12)25-2)17(23)19-9-16(22)27-10-15-20-21-18(28-15)14-4-3-5-26-14/h3-8H,9-10H2,1-2H3,(H,19,23). The lowest BCUT2D eigenvalue weighted by atomic mass is 10.2. The van der Waals surface area contributed by atoms with Gasteiger partial charge in [-0.15, -0.1) is 10.2 Å².